The molecule has 0 aliphatic carbocycles. The number of hydrogen-bond acceptors (Lipinski definition) is 6. The van der Waals surface area contributed by atoms with E-state index in [4.69, 9.17) is 5.73 Å². The number of halogens is 1. The number of sulfonamides is 1. The minimum absolute atomic E-state index is 0.180. The topological polar surface area (TPSA) is 111 Å². The van der Waals surface area contributed by atoms with Gasteiger partial charge in [-0.25, -0.2) is 22.5 Å². The number of aromatic nitrogens is 3. The molecule has 1 aromatic heterocycles. The Morgan fingerprint density at radius 1 is 1.28 bits per heavy atom. The van der Waals surface area contributed by atoms with Gasteiger partial charge in [0.05, 0.1) is 23.0 Å². The van der Waals surface area contributed by atoms with Crippen LogP contribution in [-0.4, -0.2) is 23.6 Å². The van der Waals surface area contributed by atoms with Crippen LogP contribution in [0.4, 0.5) is 16.0 Å². The summed E-state index contributed by atoms with van der Waals surface area (Å²) in [6.45, 7) is 0. The van der Waals surface area contributed by atoms with Gasteiger partial charge in [-0.1, -0.05) is 0 Å². The Bertz CT molecular complexity index is 662. The number of nitrogens with one attached hydrogen (secondary N) is 1. The number of nitrogens with zero attached hydrogens (tertiary/aromatic N) is 3. The van der Waals surface area contributed by atoms with Crippen molar-refractivity contribution in [3.8, 4) is 0 Å². The summed E-state index contributed by atoms with van der Waals surface area (Å²) < 4.78 is 38.8. The highest BCUT2D eigenvalue weighted by molar-refractivity contribution is 7.92. The standard InChI is InChI=1S/C9H8FN5O2S/c10-7-2-1-6(5-8(7)11)18(16,17)15-9-12-3-4-13-14-9/h1-5H,11H2,(H,12,14,15). The highest BCUT2D eigenvalue weighted by atomic mass is 32.2. The van der Waals surface area contributed by atoms with E-state index < -0.39 is 15.8 Å². The molecule has 0 radical (unpaired) electrons. The molecule has 1 aromatic carbocycles. The summed E-state index contributed by atoms with van der Waals surface area (Å²) in [4.78, 5) is 3.47. The largest absolute Gasteiger partial charge is 0.396 e. The second kappa shape index (κ2) is 4.53. The van der Waals surface area contributed by atoms with Gasteiger partial charge in [0.15, 0.2) is 0 Å². The van der Waals surface area contributed by atoms with E-state index in [-0.39, 0.29) is 16.5 Å². The summed E-state index contributed by atoms with van der Waals surface area (Å²) in [6.07, 6.45) is 2.58. The Hall–Kier alpha value is -2.29. The number of nitrogens with two attached hydrogens (primary N) is 1. The number of anilines is 2. The lowest BCUT2D eigenvalue weighted by molar-refractivity contribution is 0.599. The number of benzene rings is 1. The van der Waals surface area contributed by atoms with Crippen LogP contribution >= 0.6 is 0 Å². The first-order valence-electron chi connectivity index (χ1n) is 4.70. The molecule has 0 unspecified atom stereocenters. The van der Waals surface area contributed by atoms with E-state index >= 15 is 0 Å². The molecule has 1 heterocycles. The van der Waals surface area contributed by atoms with Gasteiger partial charge in [-0.3, -0.25) is 0 Å². The fourth-order valence-electron chi connectivity index (χ4n) is 1.16. The second-order valence-corrected chi connectivity index (χ2v) is 4.94. The molecule has 0 spiro atoms. The van der Waals surface area contributed by atoms with Crippen molar-refractivity contribution in [1.29, 1.82) is 0 Å². The number of nitrogen functional groups attached to an aromatic ring is 1. The van der Waals surface area contributed by atoms with Gasteiger partial charge in [0.25, 0.3) is 16.0 Å². The summed E-state index contributed by atoms with van der Waals surface area (Å²) >= 11 is 0. The van der Waals surface area contributed by atoms with Crippen LogP contribution in [0, 0.1) is 5.82 Å². The van der Waals surface area contributed by atoms with Crippen molar-refractivity contribution in [3.05, 3.63) is 36.4 Å². The predicted molar refractivity (Wildman–Crippen MR) is 61.4 cm³/mol. The molecule has 0 saturated carbocycles. The molecule has 2 rings (SSSR count). The van der Waals surface area contributed by atoms with Crippen molar-refractivity contribution < 1.29 is 12.8 Å². The number of rotatable bonds is 3. The third-order valence-corrected chi connectivity index (χ3v) is 3.31. The van der Waals surface area contributed by atoms with Gasteiger partial charge < -0.3 is 5.73 Å². The average molecular weight is 269 g/mol. The van der Waals surface area contributed by atoms with E-state index in [0.29, 0.717) is 0 Å². The van der Waals surface area contributed by atoms with Crippen molar-refractivity contribution in [3.63, 3.8) is 0 Å². The predicted octanol–water partition coefficient (Wildman–Crippen LogP) is 0.394. The lowest BCUT2D eigenvalue weighted by Gasteiger charge is -2.06. The summed E-state index contributed by atoms with van der Waals surface area (Å²) in [5, 5.41) is 6.94. The lowest BCUT2D eigenvalue weighted by Crippen LogP contribution is -2.15. The van der Waals surface area contributed by atoms with Crippen LogP contribution in [-0.2, 0) is 10.0 Å². The molecule has 0 saturated heterocycles. The van der Waals surface area contributed by atoms with E-state index in [1.54, 1.807) is 0 Å². The molecule has 94 valence electrons. The van der Waals surface area contributed by atoms with Crippen molar-refractivity contribution >= 4 is 21.7 Å². The van der Waals surface area contributed by atoms with Crippen LogP contribution in [0.5, 0.6) is 0 Å². The molecular formula is C9H8FN5O2S. The van der Waals surface area contributed by atoms with E-state index in [1.165, 1.54) is 12.4 Å². The van der Waals surface area contributed by atoms with Gasteiger partial charge in [0.1, 0.15) is 5.82 Å². The Morgan fingerprint density at radius 3 is 2.67 bits per heavy atom. The average Bonchev–Trinajstić information content (AvgIpc) is 2.33. The van der Waals surface area contributed by atoms with Crippen molar-refractivity contribution in [2.24, 2.45) is 0 Å². The first-order valence-corrected chi connectivity index (χ1v) is 6.19. The maximum absolute atomic E-state index is 12.9. The normalized spacial score (nSPS) is 11.2. The zero-order chi connectivity index (χ0) is 13.2. The molecule has 0 bridgehead atoms. The molecule has 0 fully saturated rings. The third kappa shape index (κ3) is 2.51. The first-order chi connectivity index (χ1) is 8.49. The minimum Gasteiger partial charge on any atom is -0.396 e. The van der Waals surface area contributed by atoms with Crippen LogP contribution in [0.3, 0.4) is 0 Å². The maximum atomic E-state index is 12.9. The van der Waals surface area contributed by atoms with Crippen molar-refractivity contribution in [2.45, 2.75) is 4.90 Å². The molecule has 0 aliphatic rings. The second-order valence-electron chi connectivity index (χ2n) is 3.26. The summed E-state index contributed by atoms with van der Waals surface area (Å²) in [5.41, 5.74) is 5.04. The van der Waals surface area contributed by atoms with Gasteiger partial charge in [0, 0.05) is 0 Å². The van der Waals surface area contributed by atoms with Crippen LogP contribution < -0.4 is 10.5 Å². The van der Waals surface area contributed by atoms with Crippen LogP contribution in [0.15, 0.2) is 35.5 Å². The smallest absolute Gasteiger partial charge is 0.264 e. The third-order valence-electron chi connectivity index (χ3n) is 1.99. The molecule has 3 N–H and O–H groups in total. The molecule has 7 nitrogen and oxygen atoms in total. The SMILES string of the molecule is Nc1cc(S(=O)(=O)Nc2nccnn2)ccc1F. The van der Waals surface area contributed by atoms with Gasteiger partial charge in [-0.05, 0) is 18.2 Å². The van der Waals surface area contributed by atoms with Gasteiger partial charge in [-0.2, -0.15) is 5.10 Å². The Balaban J connectivity index is 2.34. The molecular weight excluding hydrogens is 261 g/mol. The molecule has 9 heteroatoms. The van der Waals surface area contributed by atoms with E-state index in [2.05, 4.69) is 19.9 Å². The maximum Gasteiger partial charge on any atom is 0.264 e. The minimum atomic E-state index is -3.91. The van der Waals surface area contributed by atoms with Gasteiger partial charge in [-0.15, -0.1) is 5.10 Å². The Labute approximate surface area is 102 Å². The first kappa shape index (κ1) is 12.2. The molecule has 18 heavy (non-hydrogen) atoms. The lowest BCUT2D eigenvalue weighted by atomic mass is 10.3. The molecule has 0 atom stereocenters. The Kier molecular flexibility index (Phi) is 3.06. The van der Waals surface area contributed by atoms with Crippen LogP contribution in [0.2, 0.25) is 0 Å². The van der Waals surface area contributed by atoms with E-state index in [9.17, 15) is 12.8 Å². The summed E-state index contributed by atoms with van der Waals surface area (Å²) in [5.74, 6) is -0.869. The molecule has 0 aliphatic heterocycles. The van der Waals surface area contributed by atoms with E-state index in [0.717, 1.165) is 18.2 Å². The fraction of sp³-hybridized carbons (Fsp3) is 0. The highest BCUT2D eigenvalue weighted by Gasteiger charge is 2.16. The Morgan fingerprint density at radius 2 is 2.06 bits per heavy atom. The van der Waals surface area contributed by atoms with Crippen molar-refractivity contribution in [1.82, 2.24) is 15.2 Å². The summed E-state index contributed by atoms with van der Waals surface area (Å²) in [7, 11) is -3.91. The zero-order valence-corrected chi connectivity index (χ0v) is 9.72. The van der Waals surface area contributed by atoms with Gasteiger partial charge >= 0.3 is 0 Å². The summed E-state index contributed by atoms with van der Waals surface area (Å²) in [6, 6.07) is 3.06. The van der Waals surface area contributed by atoms with Crippen molar-refractivity contribution in [2.75, 3.05) is 10.5 Å². The van der Waals surface area contributed by atoms with Crippen LogP contribution in [0.1, 0.15) is 0 Å². The molecule has 2 aromatic rings. The zero-order valence-electron chi connectivity index (χ0n) is 8.91. The van der Waals surface area contributed by atoms with Crippen LogP contribution in [0.25, 0.3) is 0 Å². The monoisotopic (exact) mass is 269 g/mol. The van der Waals surface area contributed by atoms with Gasteiger partial charge in [0.2, 0.25) is 0 Å². The fourth-order valence-corrected chi connectivity index (χ4v) is 2.14. The quantitative estimate of drug-likeness (QED) is 0.780. The molecule has 0 amide bonds. The van der Waals surface area contributed by atoms with E-state index in [1.807, 2.05) is 0 Å². The number of hydrogen-bond donors (Lipinski definition) is 2. The highest BCUT2D eigenvalue weighted by Crippen LogP contribution is 2.18.